The summed E-state index contributed by atoms with van der Waals surface area (Å²) in [7, 11) is 0. The van der Waals surface area contributed by atoms with Crippen LogP contribution in [0.15, 0.2) is 36.5 Å². The molecule has 1 aromatic carbocycles. The first-order valence-corrected chi connectivity index (χ1v) is 11.1. The molecule has 0 bridgehead atoms. The molecule has 34 heavy (non-hydrogen) atoms. The third kappa shape index (κ3) is 4.84. The summed E-state index contributed by atoms with van der Waals surface area (Å²) in [5.74, 6) is -0.555. The number of amides is 1. The number of primary amides is 1. The zero-order chi connectivity index (χ0) is 24.4. The number of hydrogen-bond donors (Lipinski definition) is 3. The van der Waals surface area contributed by atoms with Gasteiger partial charge in [-0.25, -0.2) is 4.85 Å². The zero-order valence-corrected chi connectivity index (χ0v) is 18.9. The molecule has 2 atom stereocenters. The predicted molar refractivity (Wildman–Crippen MR) is 127 cm³/mol. The Morgan fingerprint density at radius 3 is 2.50 bits per heavy atom. The van der Waals surface area contributed by atoms with Gasteiger partial charge >= 0.3 is 0 Å². The van der Waals surface area contributed by atoms with Crippen molar-refractivity contribution in [2.75, 3.05) is 19.6 Å². The lowest BCUT2D eigenvalue weighted by molar-refractivity contribution is -0.118. The molecule has 1 saturated heterocycles. The van der Waals surface area contributed by atoms with Crippen LogP contribution in [-0.2, 0) is 11.2 Å². The van der Waals surface area contributed by atoms with Crippen LogP contribution in [0.5, 0.6) is 0 Å². The number of Topliss-reactive ketones (excluding diaryl/α,β-unsaturated/α-hetero) is 1. The number of fused-ring (bicyclic) bond motifs is 1. The number of nitrogens with two attached hydrogens (primary N) is 1. The van der Waals surface area contributed by atoms with Crippen molar-refractivity contribution in [2.45, 2.75) is 38.4 Å². The number of carbonyl (C=O) groups is 2. The molecule has 4 N–H and O–H groups in total. The summed E-state index contributed by atoms with van der Waals surface area (Å²) < 4.78 is 1.93. The third-order valence-corrected chi connectivity index (χ3v) is 6.12. The van der Waals surface area contributed by atoms with Crippen LogP contribution in [0.25, 0.3) is 21.6 Å². The van der Waals surface area contributed by atoms with Gasteiger partial charge in [-0.2, -0.15) is 0 Å². The smallest absolute Gasteiger partial charge is 0.217 e. The molecule has 4 rings (SSSR count). The van der Waals surface area contributed by atoms with Crippen LogP contribution in [-0.4, -0.2) is 68.2 Å². The van der Waals surface area contributed by atoms with E-state index in [0.717, 1.165) is 16.8 Å². The lowest BCUT2D eigenvalue weighted by atomic mass is 10.0. The number of β-amino-alcohol motifs (C(OH)–C–C–N with tert-alkyl or cyclic N) is 2. The number of piperidine rings is 1. The minimum atomic E-state index is -0.675. The number of nitrogens with zero attached hydrogens (tertiary/aromatic N) is 4. The van der Waals surface area contributed by atoms with Crippen LogP contribution in [0.1, 0.15) is 34.5 Å². The van der Waals surface area contributed by atoms with E-state index in [1.54, 1.807) is 23.2 Å². The van der Waals surface area contributed by atoms with Crippen molar-refractivity contribution in [1.82, 2.24) is 14.5 Å². The largest absolute Gasteiger partial charge is 0.392 e. The number of pyridine rings is 1. The van der Waals surface area contributed by atoms with E-state index in [1.165, 1.54) is 0 Å². The van der Waals surface area contributed by atoms with E-state index in [0.29, 0.717) is 48.4 Å². The van der Waals surface area contributed by atoms with Gasteiger partial charge in [-0.1, -0.05) is 12.1 Å². The first kappa shape index (κ1) is 23.6. The molecule has 0 aliphatic carbocycles. The number of carbonyl (C=O) groups excluding carboxylic acids is 2. The van der Waals surface area contributed by atoms with Gasteiger partial charge in [-0.15, -0.1) is 0 Å². The highest BCUT2D eigenvalue weighted by Gasteiger charge is 2.29. The van der Waals surface area contributed by atoms with E-state index >= 15 is 0 Å². The van der Waals surface area contributed by atoms with Crippen molar-refractivity contribution in [2.24, 2.45) is 5.73 Å². The first-order chi connectivity index (χ1) is 16.3. The summed E-state index contributed by atoms with van der Waals surface area (Å²) in [6, 6.07) is 8.99. The number of aromatic nitrogens is 2. The fraction of sp³-hybridized carbons (Fsp3) is 0.360. The summed E-state index contributed by atoms with van der Waals surface area (Å²) in [6.45, 7) is 9.74. The molecule has 2 aromatic heterocycles. The highest BCUT2D eigenvalue weighted by Crippen LogP contribution is 2.30. The van der Waals surface area contributed by atoms with E-state index in [2.05, 4.69) is 9.83 Å². The second kappa shape index (κ2) is 9.73. The fourth-order valence-electron chi connectivity index (χ4n) is 4.61. The normalized spacial score (nSPS) is 18.6. The van der Waals surface area contributed by atoms with Gasteiger partial charge in [0.15, 0.2) is 11.5 Å². The summed E-state index contributed by atoms with van der Waals surface area (Å²) >= 11 is 0. The molecule has 9 heteroatoms. The molecule has 3 aromatic rings. The Kier molecular flexibility index (Phi) is 6.75. The first-order valence-electron chi connectivity index (χ1n) is 11.1. The van der Waals surface area contributed by atoms with Gasteiger partial charge in [0.2, 0.25) is 5.91 Å². The minimum Gasteiger partial charge on any atom is -0.392 e. The maximum atomic E-state index is 13.4. The van der Waals surface area contributed by atoms with Crippen LogP contribution < -0.4 is 5.73 Å². The molecule has 0 spiro atoms. The molecule has 1 aliphatic heterocycles. The van der Waals surface area contributed by atoms with Gasteiger partial charge in [0, 0.05) is 43.5 Å². The molecule has 1 fully saturated rings. The minimum absolute atomic E-state index is 0.0514. The lowest BCUT2D eigenvalue weighted by Crippen LogP contribution is -2.47. The van der Waals surface area contributed by atoms with Crippen molar-refractivity contribution in [1.29, 1.82) is 0 Å². The van der Waals surface area contributed by atoms with Crippen LogP contribution in [0.3, 0.4) is 0 Å². The van der Waals surface area contributed by atoms with Gasteiger partial charge in [0.25, 0.3) is 0 Å². The van der Waals surface area contributed by atoms with E-state index in [1.807, 2.05) is 29.7 Å². The lowest BCUT2D eigenvalue weighted by Gasteiger charge is -2.32. The van der Waals surface area contributed by atoms with Crippen molar-refractivity contribution < 1.29 is 19.8 Å². The SMILES string of the molecule is [C-]#[N+]c1ccc(-n2c(C)c(C(=O)CN3CC(O)CC(O)C3)c3ncc(CCC(N)=O)cc32)cc1. The average molecular weight is 462 g/mol. The van der Waals surface area contributed by atoms with Crippen molar-refractivity contribution in [3.8, 4) is 5.69 Å². The zero-order valence-electron chi connectivity index (χ0n) is 18.9. The molecule has 2 unspecified atom stereocenters. The Balaban J connectivity index is 1.78. The Morgan fingerprint density at radius 2 is 1.88 bits per heavy atom. The monoisotopic (exact) mass is 461 g/mol. The number of hydrogen-bond acceptors (Lipinski definition) is 6. The number of likely N-dealkylation sites (tertiary alicyclic amines) is 1. The number of rotatable bonds is 7. The van der Waals surface area contributed by atoms with Crippen LogP contribution in [0.4, 0.5) is 5.69 Å². The van der Waals surface area contributed by atoms with E-state index in [9.17, 15) is 19.8 Å². The summed E-state index contributed by atoms with van der Waals surface area (Å²) in [5.41, 5.74) is 9.86. The molecular formula is C25H27N5O4. The number of aliphatic hydroxyl groups is 2. The van der Waals surface area contributed by atoms with Crippen molar-refractivity contribution in [3.05, 3.63) is 64.8 Å². The van der Waals surface area contributed by atoms with Gasteiger partial charge in [-0.05, 0) is 37.1 Å². The van der Waals surface area contributed by atoms with Crippen molar-refractivity contribution in [3.63, 3.8) is 0 Å². The van der Waals surface area contributed by atoms with Crippen LogP contribution in [0, 0.1) is 13.5 Å². The summed E-state index contributed by atoms with van der Waals surface area (Å²) in [6.07, 6.45) is 1.24. The standard InChI is InChI=1S/C25H27N5O4/c1-15-24(22(33)14-29-12-19(31)10-20(32)13-29)25-21(9-16(11-28-25)3-8-23(26)34)30(15)18-6-4-17(27-2)5-7-18/h4-7,9,11,19-20,31-32H,3,8,10,12-14H2,1H3,(H2,26,34). The average Bonchev–Trinajstić information content (AvgIpc) is 3.08. The number of ketones is 1. The highest BCUT2D eigenvalue weighted by molar-refractivity contribution is 6.09. The Morgan fingerprint density at radius 1 is 1.21 bits per heavy atom. The van der Waals surface area contributed by atoms with E-state index < -0.39 is 18.1 Å². The number of aliphatic hydroxyl groups excluding tert-OH is 2. The van der Waals surface area contributed by atoms with Gasteiger partial charge in [-0.3, -0.25) is 19.5 Å². The van der Waals surface area contributed by atoms with Gasteiger partial charge < -0.3 is 20.5 Å². The Labute approximate surface area is 197 Å². The Bertz CT molecular complexity index is 1270. The molecule has 0 radical (unpaired) electrons. The van der Waals surface area contributed by atoms with Crippen molar-refractivity contribution >= 4 is 28.4 Å². The summed E-state index contributed by atoms with van der Waals surface area (Å²) in [5, 5.41) is 20.0. The topological polar surface area (TPSA) is 126 Å². The fourth-order valence-corrected chi connectivity index (χ4v) is 4.61. The van der Waals surface area contributed by atoms with Crippen LogP contribution in [0.2, 0.25) is 0 Å². The highest BCUT2D eigenvalue weighted by atomic mass is 16.3. The Hall–Kier alpha value is -3.58. The molecular weight excluding hydrogens is 434 g/mol. The molecule has 176 valence electrons. The van der Waals surface area contributed by atoms with Crippen LogP contribution >= 0.6 is 0 Å². The molecule has 9 nitrogen and oxygen atoms in total. The second-order valence-corrected chi connectivity index (χ2v) is 8.76. The van der Waals surface area contributed by atoms with Gasteiger partial charge in [0.1, 0.15) is 0 Å². The second-order valence-electron chi connectivity index (χ2n) is 8.76. The number of aryl methyl sites for hydroxylation is 1. The molecule has 0 saturated carbocycles. The predicted octanol–water partition coefficient (Wildman–Crippen LogP) is 1.91. The van der Waals surface area contributed by atoms with E-state index in [-0.39, 0.29) is 18.7 Å². The maximum Gasteiger partial charge on any atom is 0.217 e. The quantitative estimate of drug-likeness (QED) is 0.365. The van der Waals surface area contributed by atoms with Gasteiger partial charge in [0.05, 0.1) is 41.9 Å². The molecule has 3 heterocycles. The third-order valence-electron chi connectivity index (χ3n) is 6.12. The number of benzene rings is 1. The summed E-state index contributed by atoms with van der Waals surface area (Å²) in [4.78, 5) is 34.5. The molecule has 1 amide bonds. The molecule has 1 aliphatic rings. The maximum absolute atomic E-state index is 13.4. The van der Waals surface area contributed by atoms with E-state index in [4.69, 9.17) is 12.3 Å².